The van der Waals surface area contributed by atoms with Gasteiger partial charge in [0.1, 0.15) is 12.4 Å². The highest BCUT2D eigenvalue weighted by atomic mass is 16.5. The Hall–Kier alpha value is -1.67. The van der Waals surface area contributed by atoms with E-state index in [4.69, 9.17) is 9.73 Å². The third-order valence-corrected chi connectivity index (χ3v) is 5.46. The number of aliphatic imine (C=N–C) groups is 1. The quantitative estimate of drug-likeness (QED) is 0.297. The van der Waals surface area contributed by atoms with E-state index in [-0.39, 0.29) is 0 Å². The van der Waals surface area contributed by atoms with Gasteiger partial charge in [0.25, 0.3) is 0 Å². The van der Waals surface area contributed by atoms with Gasteiger partial charge in [0, 0.05) is 39.8 Å². The zero-order chi connectivity index (χ0) is 20.7. The van der Waals surface area contributed by atoms with Crippen LogP contribution in [-0.2, 0) is 18.3 Å². The van der Waals surface area contributed by atoms with Gasteiger partial charge in [-0.1, -0.05) is 45.4 Å². The Balaban J connectivity index is 1.73. The van der Waals surface area contributed by atoms with Crippen LogP contribution >= 0.6 is 0 Å². The van der Waals surface area contributed by atoms with E-state index in [2.05, 4.69) is 32.7 Å². The van der Waals surface area contributed by atoms with Gasteiger partial charge in [-0.25, -0.2) is 4.99 Å². The molecule has 166 valence electrons. The molecule has 29 heavy (non-hydrogen) atoms. The number of rotatable bonds is 13. The largest absolute Gasteiger partial charge is 0.379 e. The maximum atomic E-state index is 5.42. The third-order valence-electron chi connectivity index (χ3n) is 5.46. The minimum atomic E-state index is 0.529. The summed E-state index contributed by atoms with van der Waals surface area (Å²) in [6, 6.07) is 0. The van der Waals surface area contributed by atoms with E-state index in [1.165, 1.54) is 44.9 Å². The number of aryl methyl sites for hydroxylation is 1. The van der Waals surface area contributed by atoms with Crippen molar-refractivity contribution in [2.45, 2.75) is 65.3 Å². The molecule has 8 nitrogen and oxygen atoms in total. The fourth-order valence-electron chi connectivity index (χ4n) is 3.36. The van der Waals surface area contributed by atoms with Gasteiger partial charge in [-0.05, 0) is 13.3 Å². The summed E-state index contributed by atoms with van der Waals surface area (Å²) in [6.07, 6.45) is 9.19. The predicted molar refractivity (Wildman–Crippen MR) is 118 cm³/mol. The average Bonchev–Trinajstić information content (AvgIpc) is 3.06. The molecule has 2 N–H and O–H groups in total. The lowest BCUT2D eigenvalue weighted by Crippen LogP contribution is -2.44. The Kier molecular flexibility index (Phi) is 11.7. The second kappa shape index (κ2) is 14.3. The molecule has 0 radical (unpaired) electrons. The number of morpholine rings is 1. The highest BCUT2D eigenvalue weighted by Gasteiger charge is 2.10. The fourth-order valence-corrected chi connectivity index (χ4v) is 3.36. The van der Waals surface area contributed by atoms with Crippen LogP contribution in [0.15, 0.2) is 4.99 Å². The minimum absolute atomic E-state index is 0.529. The monoisotopic (exact) mass is 407 g/mol. The van der Waals surface area contributed by atoms with E-state index in [1.807, 2.05) is 18.5 Å². The average molecular weight is 408 g/mol. The van der Waals surface area contributed by atoms with Crippen molar-refractivity contribution in [1.29, 1.82) is 0 Å². The Morgan fingerprint density at radius 3 is 2.38 bits per heavy atom. The van der Waals surface area contributed by atoms with Gasteiger partial charge in [-0.3, -0.25) is 4.90 Å². The Labute approximate surface area is 176 Å². The summed E-state index contributed by atoms with van der Waals surface area (Å²) in [5.41, 5.74) is 0. The lowest BCUT2D eigenvalue weighted by atomic mass is 10.1. The topological polar surface area (TPSA) is 79.6 Å². The van der Waals surface area contributed by atoms with Gasteiger partial charge in [0.15, 0.2) is 11.8 Å². The molecule has 1 aromatic rings. The summed E-state index contributed by atoms with van der Waals surface area (Å²) in [5, 5.41) is 15.3. The van der Waals surface area contributed by atoms with Gasteiger partial charge in [0.05, 0.1) is 13.2 Å². The van der Waals surface area contributed by atoms with Crippen LogP contribution in [0.4, 0.5) is 0 Å². The molecule has 8 heteroatoms. The number of nitrogens with zero attached hydrogens (tertiary/aromatic N) is 5. The molecule has 1 saturated heterocycles. The molecule has 1 fully saturated rings. The SMILES string of the molecule is CCCCCCCCCNC(=NCc1nnc(C)n1C)NCCN1CCOCC1. The molecular weight excluding hydrogens is 366 g/mol. The molecular formula is C21H41N7O. The summed E-state index contributed by atoms with van der Waals surface area (Å²) >= 11 is 0. The zero-order valence-corrected chi connectivity index (χ0v) is 18.8. The fraction of sp³-hybridized carbons (Fsp3) is 0.857. The molecule has 0 aromatic carbocycles. The van der Waals surface area contributed by atoms with Gasteiger partial charge >= 0.3 is 0 Å². The summed E-state index contributed by atoms with van der Waals surface area (Å²) in [7, 11) is 1.98. The number of hydrogen-bond acceptors (Lipinski definition) is 5. The van der Waals surface area contributed by atoms with Crippen LogP contribution in [0.1, 0.15) is 63.5 Å². The second-order valence-electron chi connectivity index (χ2n) is 7.82. The van der Waals surface area contributed by atoms with Crippen molar-refractivity contribution in [2.75, 3.05) is 45.9 Å². The number of aromatic nitrogens is 3. The molecule has 0 bridgehead atoms. The summed E-state index contributed by atoms with van der Waals surface area (Å²) in [4.78, 5) is 7.16. The van der Waals surface area contributed by atoms with E-state index >= 15 is 0 Å². The first kappa shape index (κ1) is 23.6. The van der Waals surface area contributed by atoms with Crippen LogP contribution in [0.2, 0.25) is 0 Å². The number of unbranched alkanes of at least 4 members (excludes halogenated alkanes) is 6. The van der Waals surface area contributed by atoms with Gasteiger partial charge < -0.3 is 19.9 Å². The van der Waals surface area contributed by atoms with Crippen molar-refractivity contribution >= 4 is 5.96 Å². The van der Waals surface area contributed by atoms with Crippen molar-refractivity contribution in [3.63, 3.8) is 0 Å². The number of guanidine groups is 1. The standard InChI is InChI=1S/C21H41N7O/c1-4-5-6-7-8-9-10-11-22-21(23-12-13-28-14-16-29-17-15-28)24-18-20-26-25-19(2)27(20)3/h4-18H2,1-3H3,(H2,22,23,24). The Bertz CT molecular complexity index is 582. The van der Waals surface area contributed by atoms with Crippen molar-refractivity contribution in [3.8, 4) is 0 Å². The molecule has 1 aromatic heterocycles. The summed E-state index contributed by atoms with van der Waals surface area (Å²) in [5.74, 6) is 2.66. The van der Waals surface area contributed by atoms with E-state index in [1.54, 1.807) is 0 Å². The van der Waals surface area contributed by atoms with Crippen molar-refractivity contribution in [1.82, 2.24) is 30.3 Å². The smallest absolute Gasteiger partial charge is 0.191 e. The molecule has 1 aliphatic heterocycles. The van der Waals surface area contributed by atoms with Crippen LogP contribution in [0.5, 0.6) is 0 Å². The van der Waals surface area contributed by atoms with Crippen LogP contribution < -0.4 is 10.6 Å². The summed E-state index contributed by atoms with van der Waals surface area (Å²) in [6.45, 7) is 11.3. The van der Waals surface area contributed by atoms with Crippen LogP contribution in [0.25, 0.3) is 0 Å². The molecule has 0 atom stereocenters. The van der Waals surface area contributed by atoms with E-state index in [9.17, 15) is 0 Å². The highest BCUT2D eigenvalue weighted by Crippen LogP contribution is 2.06. The zero-order valence-electron chi connectivity index (χ0n) is 18.8. The minimum Gasteiger partial charge on any atom is -0.379 e. The molecule has 1 aliphatic rings. The first-order valence-corrected chi connectivity index (χ1v) is 11.4. The molecule has 0 amide bonds. The first-order valence-electron chi connectivity index (χ1n) is 11.4. The van der Waals surface area contributed by atoms with Crippen molar-refractivity contribution < 1.29 is 4.74 Å². The van der Waals surface area contributed by atoms with Gasteiger partial charge in [0.2, 0.25) is 0 Å². The molecule has 0 unspecified atom stereocenters. The first-order chi connectivity index (χ1) is 14.2. The van der Waals surface area contributed by atoms with E-state index in [0.717, 1.165) is 63.5 Å². The number of nitrogens with one attached hydrogen (secondary N) is 2. The lowest BCUT2D eigenvalue weighted by Gasteiger charge is -2.26. The Morgan fingerprint density at radius 1 is 1.00 bits per heavy atom. The third kappa shape index (κ3) is 9.58. The second-order valence-corrected chi connectivity index (χ2v) is 7.82. The van der Waals surface area contributed by atoms with Crippen molar-refractivity contribution in [3.05, 3.63) is 11.6 Å². The normalized spacial score (nSPS) is 15.6. The lowest BCUT2D eigenvalue weighted by molar-refractivity contribution is 0.0389. The van der Waals surface area contributed by atoms with Gasteiger partial charge in [-0.15, -0.1) is 10.2 Å². The van der Waals surface area contributed by atoms with Crippen LogP contribution in [-0.4, -0.2) is 71.6 Å². The van der Waals surface area contributed by atoms with Crippen LogP contribution in [0.3, 0.4) is 0 Å². The molecule has 2 rings (SSSR count). The maximum absolute atomic E-state index is 5.42. The van der Waals surface area contributed by atoms with Gasteiger partial charge in [-0.2, -0.15) is 0 Å². The molecule has 0 spiro atoms. The molecule has 0 aliphatic carbocycles. The van der Waals surface area contributed by atoms with Crippen molar-refractivity contribution in [2.24, 2.45) is 12.0 Å². The molecule has 0 saturated carbocycles. The maximum Gasteiger partial charge on any atom is 0.191 e. The van der Waals surface area contributed by atoms with Crippen LogP contribution in [0, 0.1) is 6.92 Å². The highest BCUT2D eigenvalue weighted by molar-refractivity contribution is 5.79. The van der Waals surface area contributed by atoms with E-state index < -0.39 is 0 Å². The summed E-state index contributed by atoms with van der Waals surface area (Å²) < 4.78 is 7.41. The Morgan fingerprint density at radius 2 is 1.69 bits per heavy atom. The predicted octanol–water partition coefficient (Wildman–Crippen LogP) is 2.24. The molecule has 2 heterocycles. The number of ether oxygens (including phenoxy) is 1. The number of hydrogen-bond donors (Lipinski definition) is 2. The van der Waals surface area contributed by atoms with E-state index in [0.29, 0.717) is 6.54 Å².